The van der Waals surface area contributed by atoms with E-state index in [-0.39, 0.29) is 5.25 Å². The Hall–Kier alpha value is -1.82. The maximum absolute atomic E-state index is 9.19. The number of thioether (sulfide) groups is 2. The Kier molecular flexibility index (Phi) is 6.87. The van der Waals surface area contributed by atoms with Crippen LogP contribution in [-0.4, -0.2) is 40.4 Å². The first-order valence-electron chi connectivity index (χ1n) is 7.26. The van der Waals surface area contributed by atoms with E-state index in [1.54, 1.807) is 42.1 Å². The van der Waals surface area contributed by atoms with Crippen LogP contribution in [0.2, 0.25) is 0 Å². The molecule has 140 valence electrons. The predicted molar refractivity (Wildman–Crippen MR) is 104 cm³/mol. The van der Waals surface area contributed by atoms with Crippen LogP contribution in [0.1, 0.15) is 17.9 Å². The molecule has 0 fully saturated rings. The summed E-state index contributed by atoms with van der Waals surface area (Å²) in [5.41, 5.74) is 7.56. The first-order valence-corrected chi connectivity index (χ1v) is 11.2. The minimum Gasteiger partial charge on any atom is -0.463 e. The third-order valence-corrected chi connectivity index (χ3v) is 4.59. The van der Waals surface area contributed by atoms with Crippen LogP contribution < -0.4 is 5.73 Å². The molecule has 3 N–H and O–H groups in total. The average Bonchev–Trinajstić information content (AvgIpc) is 3.00. The van der Waals surface area contributed by atoms with E-state index in [1.807, 2.05) is 18.4 Å². The zero-order valence-corrected chi connectivity index (χ0v) is 16.7. The van der Waals surface area contributed by atoms with E-state index in [1.165, 1.54) is 0 Å². The van der Waals surface area contributed by atoms with Crippen molar-refractivity contribution >= 4 is 50.4 Å². The van der Waals surface area contributed by atoms with Crippen LogP contribution in [0.4, 0.5) is 5.82 Å². The molecule has 1 unspecified atom stereocenters. The molecule has 0 aliphatic rings. The second kappa shape index (κ2) is 8.71. The van der Waals surface area contributed by atoms with Gasteiger partial charge in [0, 0.05) is 11.5 Å². The molecule has 3 rings (SSSR count). The maximum Gasteiger partial charge on any atom is 0.261 e. The molecule has 26 heavy (non-hydrogen) atoms. The van der Waals surface area contributed by atoms with Crippen LogP contribution >= 0.6 is 23.5 Å². The molecule has 0 radical (unpaired) electrons. The summed E-state index contributed by atoms with van der Waals surface area (Å²) in [6.45, 7) is 2.07. The van der Waals surface area contributed by atoms with Crippen LogP contribution in [0.15, 0.2) is 45.3 Å². The van der Waals surface area contributed by atoms with Crippen LogP contribution in [-0.2, 0) is 10.1 Å². The number of anilines is 1. The largest absolute Gasteiger partial charge is 0.463 e. The second-order valence-corrected chi connectivity index (χ2v) is 8.78. The van der Waals surface area contributed by atoms with Gasteiger partial charge in [-0.2, -0.15) is 8.42 Å². The quantitative estimate of drug-likeness (QED) is 0.283. The number of nitrogen functional groups attached to an aromatic ring is 1. The van der Waals surface area contributed by atoms with Gasteiger partial charge in [0.2, 0.25) is 0 Å². The highest BCUT2D eigenvalue weighted by Crippen LogP contribution is 2.34. The van der Waals surface area contributed by atoms with E-state index in [2.05, 4.69) is 21.9 Å². The van der Waals surface area contributed by atoms with Crippen molar-refractivity contribution in [2.24, 2.45) is 0 Å². The molecule has 3 heterocycles. The molecule has 0 aromatic carbocycles. The minimum atomic E-state index is -3.67. The molecule has 0 aliphatic heterocycles. The Morgan fingerprint density at radius 1 is 1.31 bits per heavy atom. The smallest absolute Gasteiger partial charge is 0.261 e. The van der Waals surface area contributed by atoms with E-state index < -0.39 is 10.1 Å². The van der Waals surface area contributed by atoms with Gasteiger partial charge in [-0.05, 0) is 25.3 Å². The van der Waals surface area contributed by atoms with Crippen molar-refractivity contribution in [3.05, 3.63) is 36.4 Å². The monoisotopic (exact) mass is 414 g/mol. The van der Waals surface area contributed by atoms with Gasteiger partial charge in [-0.1, -0.05) is 11.8 Å². The molecule has 3 aromatic rings. The lowest BCUT2D eigenvalue weighted by molar-refractivity contribution is 0.490. The highest BCUT2D eigenvalue weighted by atomic mass is 32.2. The summed E-state index contributed by atoms with van der Waals surface area (Å²) in [5, 5.41) is 2.71. The van der Waals surface area contributed by atoms with Gasteiger partial charge in [0.15, 0.2) is 10.7 Å². The first kappa shape index (κ1) is 20.5. The second-order valence-electron chi connectivity index (χ2n) is 5.18. The summed E-state index contributed by atoms with van der Waals surface area (Å²) >= 11 is 3.09. The lowest BCUT2D eigenvalue weighted by Gasteiger charge is -2.10. The number of aromatic nitrogens is 3. The van der Waals surface area contributed by atoms with Gasteiger partial charge in [-0.15, -0.1) is 11.8 Å². The van der Waals surface area contributed by atoms with Crippen molar-refractivity contribution in [3.63, 3.8) is 0 Å². The standard InChI is InChI=1S/C14H14N4OS2.CH4O3S/c1-8(10-5-9-3-4-19-11(9)7-16-10)21-14-17-12(15)6-13(18-14)20-2;1-5(2,3)4/h3-8H,1-2H3,(H2,15,17,18);1H3,(H,2,3,4). The van der Waals surface area contributed by atoms with Gasteiger partial charge < -0.3 is 10.2 Å². The van der Waals surface area contributed by atoms with Gasteiger partial charge in [-0.3, -0.25) is 9.54 Å². The third-order valence-electron chi connectivity index (χ3n) is 2.97. The van der Waals surface area contributed by atoms with Gasteiger partial charge in [0.25, 0.3) is 10.1 Å². The summed E-state index contributed by atoms with van der Waals surface area (Å²) in [5.74, 6) is 0.488. The van der Waals surface area contributed by atoms with Crippen LogP contribution in [0.3, 0.4) is 0 Å². The van der Waals surface area contributed by atoms with Crippen molar-refractivity contribution in [2.75, 3.05) is 18.2 Å². The molecule has 3 aromatic heterocycles. The lowest BCUT2D eigenvalue weighted by atomic mass is 10.2. The number of nitrogens with zero attached hydrogens (tertiary/aromatic N) is 3. The third kappa shape index (κ3) is 6.48. The normalized spacial score (nSPS) is 12.5. The van der Waals surface area contributed by atoms with E-state index in [9.17, 15) is 8.42 Å². The van der Waals surface area contributed by atoms with Gasteiger partial charge >= 0.3 is 0 Å². The first-order chi connectivity index (χ1) is 12.2. The van der Waals surface area contributed by atoms with Crippen molar-refractivity contribution in [3.8, 4) is 0 Å². The number of furan rings is 1. The summed E-state index contributed by atoms with van der Waals surface area (Å²) in [4.78, 5) is 13.2. The summed E-state index contributed by atoms with van der Waals surface area (Å²) in [6, 6.07) is 5.73. The fraction of sp³-hybridized carbons (Fsp3) is 0.267. The molecular weight excluding hydrogens is 396 g/mol. The predicted octanol–water partition coefficient (Wildman–Crippen LogP) is 3.28. The van der Waals surface area contributed by atoms with E-state index in [0.717, 1.165) is 21.7 Å². The number of hydrogen-bond acceptors (Lipinski definition) is 9. The number of nitrogens with two attached hydrogens (primary N) is 1. The zero-order valence-electron chi connectivity index (χ0n) is 14.3. The average molecular weight is 415 g/mol. The van der Waals surface area contributed by atoms with Crippen LogP contribution in [0, 0.1) is 0 Å². The Bertz CT molecular complexity index is 983. The highest BCUT2D eigenvalue weighted by Gasteiger charge is 2.13. The number of hydrogen-bond donors (Lipinski definition) is 2. The van der Waals surface area contributed by atoms with Crippen LogP contribution in [0.5, 0.6) is 0 Å². The van der Waals surface area contributed by atoms with Gasteiger partial charge in [0.1, 0.15) is 10.8 Å². The molecule has 0 bridgehead atoms. The molecule has 11 heteroatoms. The Labute approximate surface area is 159 Å². The SMILES string of the molecule is CS(=O)(=O)O.CSc1cc(N)nc(SC(C)c2cc3ccoc3cn2)n1. The molecule has 0 aliphatic carbocycles. The Morgan fingerprint density at radius 3 is 2.65 bits per heavy atom. The topological polar surface area (TPSA) is 132 Å². The van der Waals surface area contributed by atoms with Gasteiger partial charge in [-0.25, -0.2) is 9.97 Å². The number of pyridine rings is 1. The minimum absolute atomic E-state index is 0.126. The summed E-state index contributed by atoms with van der Waals surface area (Å²) in [6.07, 6.45) is 6.09. The van der Waals surface area contributed by atoms with E-state index in [0.29, 0.717) is 17.2 Å². The molecule has 8 nitrogen and oxygen atoms in total. The molecule has 1 atom stereocenters. The van der Waals surface area contributed by atoms with Crippen molar-refractivity contribution in [2.45, 2.75) is 22.4 Å². The number of fused-ring (bicyclic) bond motifs is 1. The maximum atomic E-state index is 9.19. The lowest BCUT2D eigenvalue weighted by Crippen LogP contribution is -1.99. The van der Waals surface area contributed by atoms with Crippen molar-refractivity contribution in [1.82, 2.24) is 15.0 Å². The molecular formula is C15H18N4O4S3. The fourth-order valence-corrected chi connectivity index (χ4v) is 3.25. The van der Waals surface area contributed by atoms with Crippen molar-refractivity contribution < 1.29 is 17.4 Å². The highest BCUT2D eigenvalue weighted by molar-refractivity contribution is 7.99. The van der Waals surface area contributed by atoms with E-state index >= 15 is 0 Å². The zero-order chi connectivity index (χ0) is 19.3. The number of rotatable bonds is 4. The molecule has 0 amide bonds. The summed E-state index contributed by atoms with van der Waals surface area (Å²) < 4.78 is 31.2. The molecule has 0 spiro atoms. The summed E-state index contributed by atoms with van der Waals surface area (Å²) in [7, 11) is -3.67. The molecule has 0 saturated heterocycles. The Balaban J connectivity index is 0.000000431. The fourth-order valence-electron chi connectivity index (χ4n) is 1.90. The van der Waals surface area contributed by atoms with Crippen LogP contribution in [0.25, 0.3) is 11.0 Å². The van der Waals surface area contributed by atoms with Crippen molar-refractivity contribution in [1.29, 1.82) is 0 Å². The van der Waals surface area contributed by atoms with Gasteiger partial charge in [0.05, 0.1) is 29.7 Å². The Morgan fingerprint density at radius 2 is 2.00 bits per heavy atom. The molecule has 0 saturated carbocycles. The van der Waals surface area contributed by atoms with E-state index in [4.69, 9.17) is 14.7 Å².